The number of amides is 2. The predicted octanol–water partition coefficient (Wildman–Crippen LogP) is 3.37. The minimum absolute atomic E-state index is 0.139. The first kappa shape index (κ1) is 15.3. The van der Waals surface area contributed by atoms with Crippen molar-refractivity contribution in [3.8, 4) is 0 Å². The fourth-order valence-corrected chi connectivity index (χ4v) is 2.66. The highest BCUT2D eigenvalue weighted by Crippen LogP contribution is 2.20. The number of nitrogens with one attached hydrogen (secondary N) is 2. The van der Waals surface area contributed by atoms with E-state index in [4.69, 9.17) is 0 Å². The molecule has 0 radical (unpaired) electrons. The summed E-state index contributed by atoms with van der Waals surface area (Å²) in [6, 6.07) is 9.01. The van der Waals surface area contributed by atoms with Crippen LogP contribution in [0.2, 0.25) is 0 Å². The molecule has 0 aliphatic heterocycles. The summed E-state index contributed by atoms with van der Waals surface area (Å²) in [7, 11) is 0. The monoisotopic (exact) mass is 302 g/mol. The lowest BCUT2D eigenvalue weighted by Crippen LogP contribution is -2.23. The van der Waals surface area contributed by atoms with E-state index >= 15 is 0 Å². The van der Waals surface area contributed by atoms with Crippen LogP contribution in [0.15, 0.2) is 30.3 Å². The minimum Gasteiger partial charge on any atom is -0.352 e. The number of hydrogen-bond donors (Lipinski definition) is 2. The molecule has 110 valence electrons. The Hall–Kier alpha value is -2.14. The van der Waals surface area contributed by atoms with Crippen LogP contribution in [0.1, 0.15) is 37.4 Å². The van der Waals surface area contributed by atoms with Gasteiger partial charge in [0.2, 0.25) is 0 Å². The standard InChI is InChI=1S/C16H18N2O2S/c1-4-17-15(19)12-7-5-10(2)13(9-12)18-16(20)14-8-6-11(3)21-14/h5-9H,4H2,1-3H3,(H,17,19)(H,18,20). The molecule has 2 N–H and O–H groups in total. The molecule has 0 saturated heterocycles. The molecule has 0 aliphatic rings. The number of carbonyl (C=O) groups excluding carboxylic acids is 2. The average Bonchev–Trinajstić information content (AvgIpc) is 2.88. The Kier molecular flexibility index (Phi) is 4.75. The van der Waals surface area contributed by atoms with Crippen molar-refractivity contribution in [3.63, 3.8) is 0 Å². The lowest BCUT2D eigenvalue weighted by Gasteiger charge is -2.10. The zero-order valence-corrected chi connectivity index (χ0v) is 13.1. The molecule has 21 heavy (non-hydrogen) atoms. The molecule has 2 aromatic rings. The molecule has 4 nitrogen and oxygen atoms in total. The molecule has 1 heterocycles. The van der Waals surface area contributed by atoms with Gasteiger partial charge in [0.25, 0.3) is 11.8 Å². The number of thiophene rings is 1. The van der Waals surface area contributed by atoms with Crippen molar-refractivity contribution in [2.24, 2.45) is 0 Å². The van der Waals surface area contributed by atoms with Crippen LogP contribution in [-0.2, 0) is 0 Å². The van der Waals surface area contributed by atoms with Gasteiger partial charge in [-0.1, -0.05) is 6.07 Å². The summed E-state index contributed by atoms with van der Waals surface area (Å²) in [5.41, 5.74) is 2.12. The first-order valence-corrected chi connectivity index (χ1v) is 7.59. The zero-order chi connectivity index (χ0) is 15.4. The Morgan fingerprint density at radius 2 is 1.86 bits per heavy atom. The predicted molar refractivity (Wildman–Crippen MR) is 86.2 cm³/mol. The normalized spacial score (nSPS) is 10.2. The Morgan fingerprint density at radius 1 is 1.10 bits per heavy atom. The number of aryl methyl sites for hydroxylation is 2. The van der Waals surface area contributed by atoms with Crippen LogP contribution in [0.25, 0.3) is 0 Å². The Bertz CT molecular complexity index is 677. The maximum atomic E-state index is 12.2. The molecule has 1 aromatic carbocycles. The SMILES string of the molecule is CCNC(=O)c1ccc(C)c(NC(=O)c2ccc(C)s2)c1. The summed E-state index contributed by atoms with van der Waals surface area (Å²) >= 11 is 1.45. The van der Waals surface area contributed by atoms with Crippen LogP contribution in [0.3, 0.4) is 0 Å². The maximum absolute atomic E-state index is 12.2. The molecule has 0 fully saturated rings. The van der Waals surface area contributed by atoms with Gasteiger partial charge >= 0.3 is 0 Å². The lowest BCUT2D eigenvalue weighted by molar-refractivity contribution is 0.0954. The van der Waals surface area contributed by atoms with E-state index in [1.54, 1.807) is 18.2 Å². The van der Waals surface area contributed by atoms with Crippen LogP contribution in [0.4, 0.5) is 5.69 Å². The summed E-state index contributed by atoms with van der Waals surface area (Å²) in [5.74, 6) is -0.288. The van der Waals surface area contributed by atoms with Crippen molar-refractivity contribution in [3.05, 3.63) is 51.2 Å². The molecule has 0 bridgehead atoms. The van der Waals surface area contributed by atoms with Gasteiger partial charge in [-0.15, -0.1) is 11.3 Å². The van der Waals surface area contributed by atoms with Crippen molar-refractivity contribution in [2.75, 3.05) is 11.9 Å². The molecule has 0 atom stereocenters. The highest BCUT2D eigenvalue weighted by atomic mass is 32.1. The number of benzene rings is 1. The molecule has 2 rings (SSSR count). The van der Waals surface area contributed by atoms with Gasteiger partial charge in [-0.3, -0.25) is 9.59 Å². The molecule has 2 amide bonds. The van der Waals surface area contributed by atoms with Crippen LogP contribution >= 0.6 is 11.3 Å². The maximum Gasteiger partial charge on any atom is 0.265 e. The van der Waals surface area contributed by atoms with Crippen LogP contribution < -0.4 is 10.6 Å². The summed E-state index contributed by atoms with van der Waals surface area (Å²) in [6.07, 6.45) is 0. The van der Waals surface area contributed by atoms with Crippen molar-refractivity contribution in [2.45, 2.75) is 20.8 Å². The Balaban J connectivity index is 2.21. The van der Waals surface area contributed by atoms with E-state index in [0.29, 0.717) is 22.7 Å². The van der Waals surface area contributed by atoms with Crippen LogP contribution in [0.5, 0.6) is 0 Å². The second kappa shape index (κ2) is 6.54. The van der Waals surface area contributed by atoms with E-state index in [1.165, 1.54) is 11.3 Å². The third-order valence-electron chi connectivity index (χ3n) is 3.05. The molecule has 5 heteroatoms. The van der Waals surface area contributed by atoms with Crippen molar-refractivity contribution < 1.29 is 9.59 Å². The number of hydrogen-bond acceptors (Lipinski definition) is 3. The van der Waals surface area contributed by atoms with Crippen molar-refractivity contribution in [1.82, 2.24) is 5.32 Å². The topological polar surface area (TPSA) is 58.2 Å². The quantitative estimate of drug-likeness (QED) is 0.909. The van der Waals surface area contributed by atoms with Gasteiger partial charge in [-0.05, 0) is 50.6 Å². The number of rotatable bonds is 4. The van der Waals surface area contributed by atoms with Crippen molar-refractivity contribution in [1.29, 1.82) is 0 Å². The minimum atomic E-state index is -0.149. The van der Waals surface area contributed by atoms with E-state index in [9.17, 15) is 9.59 Å². The second-order valence-corrected chi connectivity index (χ2v) is 6.04. The van der Waals surface area contributed by atoms with E-state index in [2.05, 4.69) is 10.6 Å². The van der Waals surface area contributed by atoms with Gasteiger partial charge in [0.05, 0.1) is 4.88 Å². The average molecular weight is 302 g/mol. The zero-order valence-electron chi connectivity index (χ0n) is 12.3. The van der Waals surface area contributed by atoms with Gasteiger partial charge in [-0.25, -0.2) is 0 Å². The Morgan fingerprint density at radius 3 is 2.48 bits per heavy atom. The van der Waals surface area contributed by atoms with Gasteiger partial charge in [0.1, 0.15) is 0 Å². The summed E-state index contributed by atoms with van der Waals surface area (Å²) in [5, 5.41) is 5.62. The van der Waals surface area contributed by atoms with Crippen LogP contribution in [-0.4, -0.2) is 18.4 Å². The van der Waals surface area contributed by atoms with Gasteiger partial charge < -0.3 is 10.6 Å². The molecule has 0 aliphatic carbocycles. The highest BCUT2D eigenvalue weighted by Gasteiger charge is 2.12. The summed E-state index contributed by atoms with van der Waals surface area (Å²) < 4.78 is 0. The van der Waals surface area contributed by atoms with E-state index in [0.717, 1.165) is 10.4 Å². The van der Waals surface area contributed by atoms with Gasteiger partial charge in [0.15, 0.2) is 0 Å². The largest absolute Gasteiger partial charge is 0.352 e. The van der Waals surface area contributed by atoms with E-state index in [1.807, 2.05) is 32.9 Å². The summed E-state index contributed by atoms with van der Waals surface area (Å²) in [6.45, 7) is 6.30. The lowest BCUT2D eigenvalue weighted by atomic mass is 10.1. The smallest absolute Gasteiger partial charge is 0.265 e. The van der Waals surface area contributed by atoms with Gasteiger partial charge in [-0.2, -0.15) is 0 Å². The fraction of sp³-hybridized carbons (Fsp3) is 0.250. The summed E-state index contributed by atoms with van der Waals surface area (Å²) in [4.78, 5) is 25.8. The molecule has 0 spiro atoms. The Labute approximate surface area is 128 Å². The molecule has 0 saturated carbocycles. The fourth-order valence-electron chi connectivity index (χ4n) is 1.90. The van der Waals surface area contributed by atoms with Crippen molar-refractivity contribution >= 4 is 28.8 Å². The van der Waals surface area contributed by atoms with E-state index in [-0.39, 0.29) is 11.8 Å². The first-order valence-electron chi connectivity index (χ1n) is 6.78. The highest BCUT2D eigenvalue weighted by molar-refractivity contribution is 7.14. The molecule has 1 aromatic heterocycles. The van der Waals surface area contributed by atoms with E-state index < -0.39 is 0 Å². The molecular formula is C16H18N2O2S. The van der Waals surface area contributed by atoms with Crippen LogP contribution in [0, 0.1) is 13.8 Å². The molecular weight excluding hydrogens is 284 g/mol. The second-order valence-electron chi connectivity index (χ2n) is 4.75. The number of carbonyl (C=O) groups is 2. The first-order chi connectivity index (χ1) is 10.0. The van der Waals surface area contributed by atoms with Gasteiger partial charge in [0, 0.05) is 22.7 Å². The third-order valence-corrected chi connectivity index (χ3v) is 4.05. The number of anilines is 1. The third kappa shape index (κ3) is 3.70. The molecule has 0 unspecified atom stereocenters.